The van der Waals surface area contributed by atoms with Crippen molar-refractivity contribution in [1.29, 1.82) is 0 Å². The molecule has 3 aromatic rings. The van der Waals surface area contributed by atoms with Crippen molar-refractivity contribution >= 4 is 10.9 Å². The zero-order valence-corrected chi connectivity index (χ0v) is 16.0. The van der Waals surface area contributed by atoms with E-state index in [0.717, 1.165) is 49.9 Å². The summed E-state index contributed by atoms with van der Waals surface area (Å²) in [5.41, 5.74) is 4.50. The van der Waals surface area contributed by atoms with E-state index >= 15 is 0 Å². The fraction of sp³-hybridized carbons (Fsp3) is 0.455. The number of hydrogen-bond donors (Lipinski definition) is 2. The molecule has 1 saturated carbocycles. The maximum Gasteiger partial charge on any atom is 0.267 e. The van der Waals surface area contributed by atoms with Crippen LogP contribution < -0.4 is 10.9 Å². The van der Waals surface area contributed by atoms with Gasteiger partial charge in [0.05, 0.1) is 24.9 Å². The van der Waals surface area contributed by atoms with Crippen LogP contribution in [-0.2, 0) is 24.3 Å². The number of ether oxygens (including phenoxy) is 1. The van der Waals surface area contributed by atoms with Gasteiger partial charge in [-0.05, 0) is 37.3 Å². The summed E-state index contributed by atoms with van der Waals surface area (Å²) < 4.78 is 7.17. The molecule has 6 heteroatoms. The molecule has 0 spiro atoms. The van der Waals surface area contributed by atoms with Crippen LogP contribution in [0.2, 0.25) is 0 Å². The zero-order chi connectivity index (χ0) is 18.9. The van der Waals surface area contributed by atoms with Gasteiger partial charge in [0.15, 0.2) is 0 Å². The van der Waals surface area contributed by atoms with Crippen molar-refractivity contribution in [3.05, 3.63) is 63.7 Å². The average Bonchev–Trinajstić information content (AvgIpc) is 3.15. The Labute approximate surface area is 163 Å². The van der Waals surface area contributed by atoms with Crippen molar-refractivity contribution in [3.63, 3.8) is 0 Å². The SMILES string of the molecule is O=c1cc2c(nn1C1CCC(NCc3c[nH]c4ccccc34)CC1)CCOC2. The molecule has 0 amide bonds. The minimum atomic E-state index is 0.0134. The monoisotopic (exact) mass is 378 g/mol. The molecule has 1 aromatic carbocycles. The summed E-state index contributed by atoms with van der Waals surface area (Å²) in [5.74, 6) is 0. The number of aromatic amines is 1. The number of aromatic nitrogens is 3. The van der Waals surface area contributed by atoms with Crippen LogP contribution >= 0.6 is 0 Å². The van der Waals surface area contributed by atoms with Crippen molar-refractivity contribution < 1.29 is 4.74 Å². The highest BCUT2D eigenvalue weighted by Gasteiger charge is 2.25. The van der Waals surface area contributed by atoms with Crippen molar-refractivity contribution in [2.45, 2.75) is 57.3 Å². The van der Waals surface area contributed by atoms with Crippen LogP contribution in [0.5, 0.6) is 0 Å². The Morgan fingerprint density at radius 3 is 2.96 bits per heavy atom. The highest BCUT2D eigenvalue weighted by atomic mass is 16.5. The smallest absolute Gasteiger partial charge is 0.267 e. The summed E-state index contributed by atoms with van der Waals surface area (Å²) in [7, 11) is 0. The lowest BCUT2D eigenvalue weighted by molar-refractivity contribution is 0.107. The first-order valence-electron chi connectivity index (χ1n) is 10.3. The second-order valence-electron chi connectivity index (χ2n) is 7.95. The van der Waals surface area contributed by atoms with Crippen molar-refractivity contribution in [2.75, 3.05) is 6.61 Å². The molecule has 28 heavy (non-hydrogen) atoms. The van der Waals surface area contributed by atoms with E-state index in [4.69, 9.17) is 4.74 Å². The van der Waals surface area contributed by atoms with Gasteiger partial charge in [0.25, 0.3) is 5.56 Å². The minimum Gasteiger partial charge on any atom is -0.376 e. The topological polar surface area (TPSA) is 71.9 Å². The molecule has 2 aliphatic rings. The van der Waals surface area contributed by atoms with Crippen molar-refractivity contribution in [1.82, 2.24) is 20.1 Å². The van der Waals surface area contributed by atoms with Crippen LogP contribution in [0.25, 0.3) is 10.9 Å². The molecule has 3 heterocycles. The number of nitrogens with zero attached hydrogens (tertiary/aromatic N) is 2. The van der Waals surface area contributed by atoms with E-state index in [1.807, 2.05) is 0 Å². The van der Waals surface area contributed by atoms with Crippen LogP contribution in [0.1, 0.15) is 48.5 Å². The van der Waals surface area contributed by atoms with Gasteiger partial charge in [0, 0.05) is 47.7 Å². The Hall–Kier alpha value is -2.44. The first kappa shape index (κ1) is 17.6. The lowest BCUT2D eigenvalue weighted by Gasteiger charge is -2.30. The summed E-state index contributed by atoms with van der Waals surface area (Å²) in [6, 6.07) is 10.8. The molecule has 0 bridgehead atoms. The summed E-state index contributed by atoms with van der Waals surface area (Å²) in [6.45, 7) is 2.09. The predicted molar refractivity (Wildman–Crippen MR) is 108 cm³/mol. The maximum absolute atomic E-state index is 12.5. The van der Waals surface area contributed by atoms with E-state index in [2.05, 4.69) is 45.9 Å². The largest absolute Gasteiger partial charge is 0.376 e. The van der Waals surface area contributed by atoms with Gasteiger partial charge >= 0.3 is 0 Å². The summed E-state index contributed by atoms with van der Waals surface area (Å²) in [5, 5.41) is 9.68. The number of hydrogen-bond acceptors (Lipinski definition) is 4. The lowest BCUT2D eigenvalue weighted by atomic mass is 9.91. The average molecular weight is 378 g/mol. The fourth-order valence-corrected chi connectivity index (χ4v) is 4.55. The lowest BCUT2D eigenvalue weighted by Crippen LogP contribution is -2.37. The highest BCUT2D eigenvalue weighted by molar-refractivity contribution is 5.82. The quantitative estimate of drug-likeness (QED) is 0.732. The van der Waals surface area contributed by atoms with Crippen LogP contribution in [-0.4, -0.2) is 27.4 Å². The second kappa shape index (κ2) is 7.53. The van der Waals surface area contributed by atoms with Crippen molar-refractivity contribution in [3.8, 4) is 0 Å². The van der Waals surface area contributed by atoms with Gasteiger partial charge in [0.2, 0.25) is 0 Å². The Bertz CT molecular complexity index is 1030. The van der Waals surface area contributed by atoms with E-state index < -0.39 is 0 Å². The highest BCUT2D eigenvalue weighted by Crippen LogP contribution is 2.28. The Morgan fingerprint density at radius 2 is 2.07 bits per heavy atom. The normalized spacial score (nSPS) is 22.3. The van der Waals surface area contributed by atoms with Gasteiger partial charge in [-0.1, -0.05) is 18.2 Å². The third kappa shape index (κ3) is 3.38. The molecule has 0 atom stereocenters. The minimum absolute atomic E-state index is 0.0134. The number of fused-ring (bicyclic) bond motifs is 2. The molecule has 5 rings (SSSR count). The van der Waals surface area contributed by atoms with Crippen LogP contribution in [0, 0.1) is 0 Å². The van der Waals surface area contributed by atoms with Crippen molar-refractivity contribution in [2.24, 2.45) is 0 Å². The number of nitrogens with one attached hydrogen (secondary N) is 2. The van der Waals surface area contributed by atoms with E-state index in [1.54, 1.807) is 10.7 Å². The zero-order valence-electron chi connectivity index (χ0n) is 16.0. The molecule has 1 fully saturated rings. The predicted octanol–water partition coefficient (Wildman–Crippen LogP) is 3.07. The second-order valence-corrected chi connectivity index (χ2v) is 7.95. The van der Waals surface area contributed by atoms with Gasteiger partial charge in [-0.3, -0.25) is 4.79 Å². The van der Waals surface area contributed by atoms with Crippen LogP contribution in [0.15, 0.2) is 41.3 Å². The first-order chi connectivity index (χ1) is 13.8. The van der Waals surface area contributed by atoms with Gasteiger partial charge in [-0.25, -0.2) is 4.68 Å². The maximum atomic E-state index is 12.5. The Kier molecular flexibility index (Phi) is 4.74. The molecule has 0 radical (unpaired) electrons. The third-order valence-electron chi connectivity index (χ3n) is 6.16. The summed E-state index contributed by atoms with van der Waals surface area (Å²) in [6.07, 6.45) is 7.03. The molecular weight excluding hydrogens is 352 g/mol. The van der Waals surface area contributed by atoms with Gasteiger partial charge in [-0.2, -0.15) is 5.10 Å². The van der Waals surface area contributed by atoms with Crippen LogP contribution in [0.3, 0.4) is 0 Å². The Balaban J connectivity index is 1.21. The first-order valence-corrected chi connectivity index (χ1v) is 10.3. The fourth-order valence-electron chi connectivity index (χ4n) is 4.55. The molecule has 146 valence electrons. The Morgan fingerprint density at radius 1 is 1.21 bits per heavy atom. The number of H-pyrrole nitrogens is 1. The molecular formula is C22H26N4O2. The summed E-state index contributed by atoms with van der Waals surface area (Å²) in [4.78, 5) is 15.8. The van der Waals surface area contributed by atoms with Gasteiger partial charge in [0.1, 0.15) is 0 Å². The number of para-hydroxylation sites is 1. The standard InChI is InChI=1S/C22H26N4O2/c27-22-11-15-14-28-10-9-20(15)25-26(22)18-7-5-17(6-8-18)23-12-16-13-24-21-4-2-1-3-19(16)21/h1-4,11,13,17-18,23-24H,5-10,12,14H2. The summed E-state index contributed by atoms with van der Waals surface area (Å²) >= 11 is 0. The molecule has 2 aromatic heterocycles. The number of rotatable bonds is 4. The number of benzene rings is 1. The molecule has 1 aliphatic carbocycles. The van der Waals surface area contributed by atoms with E-state index in [1.165, 1.54) is 16.5 Å². The van der Waals surface area contributed by atoms with Gasteiger partial charge in [-0.15, -0.1) is 0 Å². The molecule has 1 aliphatic heterocycles. The molecule has 2 N–H and O–H groups in total. The molecule has 0 unspecified atom stereocenters. The third-order valence-corrected chi connectivity index (χ3v) is 6.16. The van der Waals surface area contributed by atoms with E-state index in [0.29, 0.717) is 19.3 Å². The van der Waals surface area contributed by atoms with Crippen LogP contribution in [0.4, 0.5) is 0 Å². The van der Waals surface area contributed by atoms with Gasteiger partial charge < -0.3 is 15.0 Å². The van der Waals surface area contributed by atoms with E-state index in [-0.39, 0.29) is 11.6 Å². The molecule has 0 saturated heterocycles. The molecule has 6 nitrogen and oxygen atoms in total. The van der Waals surface area contributed by atoms with E-state index in [9.17, 15) is 4.79 Å².